The van der Waals surface area contributed by atoms with Gasteiger partial charge in [0.25, 0.3) is 15.9 Å². The van der Waals surface area contributed by atoms with E-state index in [1.165, 1.54) is 38.6 Å². The van der Waals surface area contributed by atoms with E-state index in [-0.39, 0.29) is 16.3 Å². The van der Waals surface area contributed by atoms with Crippen molar-refractivity contribution in [3.8, 4) is 11.5 Å². The van der Waals surface area contributed by atoms with E-state index >= 15 is 0 Å². The van der Waals surface area contributed by atoms with Crippen molar-refractivity contribution in [2.75, 3.05) is 25.1 Å². The molecule has 0 aliphatic rings. The minimum Gasteiger partial charge on any atom is -0.497 e. The van der Waals surface area contributed by atoms with Gasteiger partial charge in [-0.25, -0.2) is 13.8 Å². The maximum absolute atomic E-state index is 13.6. The first-order valence-corrected chi connectivity index (χ1v) is 12.4. The van der Waals surface area contributed by atoms with Gasteiger partial charge in [0, 0.05) is 10.5 Å². The third-order valence-corrected chi connectivity index (χ3v) is 7.13. The number of sulfonamides is 1. The van der Waals surface area contributed by atoms with Gasteiger partial charge >= 0.3 is 0 Å². The van der Waals surface area contributed by atoms with E-state index in [1.54, 1.807) is 24.3 Å². The monoisotopic (exact) mass is 545 g/mol. The van der Waals surface area contributed by atoms with Crippen LogP contribution in [0.5, 0.6) is 11.5 Å². The molecule has 0 bridgehead atoms. The predicted octanol–water partition coefficient (Wildman–Crippen LogP) is 4.12. The first-order valence-electron chi connectivity index (χ1n) is 10.1. The number of hydrogen-bond acceptors (Lipinski definition) is 6. The van der Waals surface area contributed by atoms with E-state index in [4.69, 9.17) is 9.47 Å². The van der Waals surface area contributed by atoms with Crippen molar-refractivity contribution in [2.45, 2.75) is 11.8 Å². The molecule has 0 saturated carbocycles. The molecule has 3 rings (SSSR count). The Hall–Kier alpha value is -3.37. The maximum Gasteiger partial charge on any atom is 0.264 e. The van der Waals surface area contributed by atoms with Gasteiger partial charge in [-0.2, -0.15) is 5.10 Å². The van der Waals surface area contributed by atoms with Crippen molar-refractivity contribution in [1.82, 2.24) is 5.43 Å². The number of halogens is 1. The number of carbonyl (C=O) groups is 1. The van der Waals surface area contributed by atoms with E-state index in [1.807, 2.05) is 31.2 Å². The van der Waals surface area contributed by atoms with Crippen molar-refractivity contribution < 1.29 is 22.7 Å². The number of nitrogens with one attached hydrogen (secondary N) is 1. The smallest absolute Gasteiger partial charge is 0.264 e. The molecule has 1 N–H and O–H groups in total. The number of methoxy groups -OCH3 is 2. The number of rotatable bonds is 9. The molecular formula is C24H24BrN3O5S. The van der Waals surface area contributed by atoms with Crippen molar-refractivity contribution in [3.05, 3.63) is 82.3 Å². The lowest BCUT2D eigenvalue weighted by Gasteiger charge is -2.25. The van der Waals surface area contributed by atoms with Crippen molar-refractivity contribution in [2.24, 2.45) is 5.10 Å². The fourth-order valence-corrected chi connectivity index (χ4v) is 4.71. The Morgan fingerprint density at radius 2 is 1.71 bits per heavy atom. The van der Waals surface area contributed by atoms with Gasteiger partial charge in [-0.15, -0.1) is 0 Å². The number of hydrogen-bond donors (Lipinski definition) is 1. The molecule has 3 aromatic rings. The summed E-state index contributed by atoms with van der Waals surface area (Å²) in [5.74, 6) is 0.0464. The third kappa shape index (κ3) is 6.15. The highest BCUT2D eigenvalue weighted by Crippen LogP contribution is 2.35. The summed E-state index contributed by atoms with van der Waals surface area (Å²) in [6, 6.07) is 18.4. The van der Waals surface area contributed by atoms with E-state index in [0.29, 0.717) is 5.75 Å². The molecule has 178 valence electrons. The van der Waals surface area contributed by atoms with Crippen LogP contribution in [0.2, 0.25) is 0 Å². The number of carbonyl (C=O) groups excluding carboxylic acids is 1. The van der Waals surface area contributed by atoms with Crippen LogP contribution < -0.4 is 19.2 Å². The van der Waals surface area contributed by atoms with Gasteiger partial charge in [0.2, 0.25) is 0 Å². The second-order valence-corrected chi connectivity index (χ2v) is 9.99. The van der Waals surface area contributed by atoms with Gasteiger partial charge in [0.15, 0.2) is 0 Å². The molecule has 34 heavy (non-hydrogen) atoms. The van der Waals surface area contributed by atoms with Gasteiger partial charge < -0.3 is 9.47 Å². The summed E-state index contributed by atoms with van der Waals surface area (Å²) in [7, 11) is -1.24. The minimum atomic E-state index is -4.13. The van der Waals surface area contributed by atoms with Gasteiger partial charge in [-0.3, -0.25) is 9.10 Å². The first kappa shape index (κ1) is 25.3. The number of hydrazone groups is 1. The fourth-order valence-electron chi connectivity index (χ4n) is 3.02. The molecule has 0 radical (unpaired) electrons. The molecule has 1 amide bonds. The average Bonchev–Trinajstić information content (AvgIpc) is 2.83. The summed E-state index contributed by atoms with van der Waals surface area (Å²) in [5.41, 5.74) is 4.22. The molecule has 3 aromatic carbocycles. The largest absolute Gasteiger partial charge is 0.497 e. The zero-order chi connectivity index (χ0) is 24.7. The quantitative estimate of drug-likeness (QED) is 0.322. The Morgan fingerprint density at radius 3 is 2.32 bits per heavy atom. The SMILES string of the molecule is COc1ccc(OC)c(N(CC(=O)N/N=C\c2ccc(Br)cc2)S(=O)(=O)c2ccc(C)cc2)c1. The van der Waals surface area contributed by atoms with Crippen molar-refractivity contribution in [3.63, 3.8) is 0 Å². The summed E-state index contributed by atoms with van der Waals surface area (Å²) in [5, 5.41) is 3.94. The van der Waals surface area contributed by atoms with Crippen LogP contribution in [0.4, 0.5) is 5.69 Å². The number of nitrogens with zero attached hydrogens (tertiary/aromatic N) is 2. The van der Waals surface area contributed by atoms with Crippen LogP contribution in [0.1, 0.15) is 11.1 Å². The van der Waals surface area contributed by atoms with Gasteiger partial charge in [0.1, 0.15) is 18.0 Å². The van der Waals surface area contributed by atoms with E-state index in [0.717, 1.165) is 19.9 Å². The molecule has 0 aromatic heterocycles. The second kappa shape index (κ2) is 11.2. The zero-order valence-corrected chi connectivity index (χ0v) is 21.3. The van der Waals surface area contributed by atoms with Crippen molar-refractivity contribution in [1.29, 1.82) is 0 Å². The predicted molar refractivity (Wildman–Crippen MR) is 135 cm³/mol. The highest BCUT2D eigenvalue weighted by Gasteiger charge is 2.30. The van der Waals surface area contributed by atoms with Crippen LogP contribution in [-0.2, 0) is 14.8 Å². The standard InChI is InChI=1S/C24H24BrN3O5S/c1-17-4-11-21(12-5-17)34(30,31)28(22-14-20(32-2)10-13-23(22)33-3)16-24(29)27-26-15-18-6-8-19(25)9-7-18/h4-15H,16H2,1-3H3,(H,27,29)/b26-15-. The summed E-state index contributed by atoms with van der Waals surface area (Å²) < 4.78 is 39.7. The average molecular weight is 546 g/mol. The second-order valence-electron chi connectivity index (χ2n) is 7.21. The maximum atomic E-state index is 13.6. The Bertz CT molecular complexity index is 1280. The molecule has 0 atom stereocenters. The normalized spacial score (nSPS) is 11.3. The summed E-state index contributed by atoms with van der Waals surface area (Å²) >= 11 is 3.35. The molecule has 0 aliphatic heterocycles. The highest BCUT2D eigenvalue weighted by atomic mass is 79.9. The summed E-state index contributed by atoms with van der Waals surface area (Å²) in [6.07, 6.45) is 1.47. The fraction of sp³-hybridized carbons (Fsp3) is 0.167. The zero-order valence-electron chi connectivity index (χ0n) is 18.9. The molecule has 0 spiro atoms. The van der Waals surface area contributed by atoms with Crippen LogP contribution in [0.25, 0.3) is 0 Å². The Balaban J connectivity index is 1.94. The number of benzene rings is 3. The lowest BCUT2D eigenvalue weighted by atomic mass is 10.2. The van der Waals surface area contributed by atoms with Crippen LogP contribution in [0.3, 0.4) is 0 Å². The van der Waals surface area contributed by atoms with Gasteiger partial charge in [0.05, 0.1) is 31.0 Å². The van der Waals surface area contributed by atoms with Crippen LogP contribution >= 0.6 is 15.9 Å². The number of anilines is 1. The molecule has 0 saturated heterocycles. The van der Waals surface area contributed by atoms with Gasteiger partial charge in [-0.05, 0) is 48.9 Å². The molecule has 0 heterocycles. The van der Waals surface area contributed by atoms with Crippen LogP contribution in [-0.4, -0.2) is 41.3 Å². The molecule has 0 unspecified atom stereocenters. The molecular weight excluding hydrogens is 522 g/mol. The number of amides is 1. The minimum absolute atomic E-state index is 0.0362. The highest BCUT2D eigenvalue weighted by molar-refractivity contribution is 9.10. The lowest BCUT2D eigenvalue weighted by molar-refractivity contribution is -0.119. The Labute approximate surface area is 207 Å². The molecule has 10 heteroatoms. The van der Waals surface area contributed by atoms with Crippen LogP contribution in [0.15, 0.2) is 81.2 Å². The van der Waals surface area contributed by atoms with E-state index in [2.05, 4.69) is 26.5 Å². The molecule has 8 nitrogen and oxygen atoms in total. The molecule has 0 aliphatic carbocycles. The van der Waals surface area contributed by atoms with Crippen LogP contribution in [0, 0.1) is 6.92 Å². The number of ether oxygens (including phenoxy) is 2. The topological polar surface area (TPSA) is 97.3 Å². The van der Waals surface area contributed by atoms with Gasteiger partial charge in [-0.1, -0.05) is 45.8 Å². The summed E-state index contributed by atoms with van der Waals surface area (Å²) in [4.78, 5) is 12.8. The van der Waals surface area contributed by atoms with E-state index in [9.17, 15) is 13.2 Å². The summed E-state index contributed by atoms with van der Waals surface area (Å²) in [6.45, 7) is 1.33. The molecule has 0 fully saturated rings. The Kier molecular flexibility index (Phi) is 8.30. The first-order chi connectivity index (χ1) is 16.2. The number of aryl methyl sites for hydroxylation is 1. The lowest BCUT2D eigenvalue weighted by Crippen LogP contribution is -2.39. The van der Waals surface area contributed by atoms with Crippen molar-refractivity contribution >= 4 is 43.8 Å². The van der Waals surface area contributed by atoms with E-state index < -0.39 is 22.5 Å². The third-order valence-electron chi connectivity index (χ3n) is 4.82. The Morgan fingerprint density at radius 1 is 1.03 bits per heavy atom.